The second-order valence-corrected chi connectivity index (χ2v) is 6.31. The van der Waals surface area contributed by atoms with Crippen LogP contribution in [-0.2, 0) is 4.79 Å². The van der Waals surface area contributed by atoms with E-state index in [0.29, 0.717) is 30.2 Å². The van der Waals surface area contributed by atoms with Gasteiger partial charge in [0.05, 0.1) is 0 Å². The molecule has 1 aromatic carbocycles. The lowest BCUT2D eigenvalue weighted by atomic mass is 10.0. The van der Waals surface area contributed by atoms with Crippen molar-refractivity contribution < 1.29 is 9.59 Å². The normalized spacial score (nSPS) is 15.3. The molecule has 6 heteroatoms. The second-order valence-electron chi connectivity index (χ2n) is 5.87. The van der Waals surface area contributed by atoms with Crippen molar-refractivity contribution in [1.29, 1.82) is 0 Å². The van der Waals surface area contributed by atoms with Gasteiger partial charge in [0, 0.05) is 36.3 Å². The Labute approximate surface area is 142 Å². The molecule has 1 aromatic rings. The predicted octanol–water partition coefficient (Wildman–Crippen LogP) is 3.64. The lowest BCUT2D eigenvalue weighted by Crippen LogP contribution is -2.47. The Morgan fingerprint density at radius 1 is 1.30 bits per heavy atom. The van der Waals surface area contributed by atoms with Gasteiger partial charge in [-0.05, 0) is 37.5 Å². The number of piperidine rings is 1. The van der Waals surface area contributed by atoms with Gasteiger partial charge in [0.2, 0.25) is 5.91 Å². The molecule has 0 radical (unpaired) electrons. The summed E-state index contributed by atoms with van der Waals surface area (Å²) in [5.41, 5.74) is 0.692. The monoisotopic (exact) mass is 337 g/mol. The number of carbonyl (C=O) groups excluding carboxylic acids is 2. The van der Waals surface area contributed by atoms with Gasteiger partial charge >= 0.3 is 6.03 Å². The highest BCUT2D eigenvalue weighted by molar-refractivity contribution is 6.30. The summed E-state index contributed by atoms with van der Waals surface area (Å²) in [6.07, 6.45) is 4.12. The molecule has 23 heavy (non-hydrogen) atoms. The summed E-state index contributed by atoms with van der Waals surface area (Å²) in [6.45, 7) is 3.36. The molecule has 0 saturated carbocycles. The Morgan fingerprint density at radius 3 is 2.70 bits per heavy atom. The zero-order valence-electron chi connectivity index (χ0n) is 13.5. The minimum Gasteiger partial charge on any atom is -0.353 e. The fourth-order valence-electron chi connectivity index (χ4n) is 2.63. The van der Waals surface area contributed by atoms with E-state index in [9.17, 15) is 9.59 Å². The van der Waals surface area contributed by atoms with Crippen molar-refractivity contribution in [2.45, 2.75) is 45.1 Å². The van der Waals surface area contributed by atoms with Crippen LogP contribution >= 0.6 is 11.6 Å². The molecule has 2 N–H and O–H groups in total. The fraction of sp³-hybridized carbons (Fsp3) is 0.529. The first-order valence-electron chi connectivity index (χ1n) is 8.19. The molecule has 1 saturated heterocycles. The molecule has 1 aliphatic heterocycles. The van der Waals surface area contributed by atoms with Gasteiger partial charge in [0.25, 0.3) is 0 Å². The lowest BCUT2D eigenvalue weighted by molar-refractivity contribution is -0.122. The molecule has 2 rings (SSSR count). The molecule has 5 nitrogen and oxygen atoms in total. The lowest BCUT2D eigenvalue weighted by Gasteiger charge is -2.32. The predicted molar refractivity (Wildman–Crippen MR) is 92.7 cm³/mol. The van der Waals surface area contributed by atoms with Gasteiger partial charge < -0.3 is 15.5 Å². The third-order valence-corrected chi connectivity index (χ3v) is 4.22. The molecule has 0 unspecified atom stereocenters. The first-order chi connectivity index (χ1) is 11.1. The van der Waals surface area contributed by atoms with E-state index in [0.717, 1.165) is 25.7 Å². The quantitative estimate of drug-likeness (QED) is 0.861. The molecule has 0 aliphatic carbocycles. The van der Waals surface area contributed by atoms with E-state index in [-0.39, 0.29) is 18.0 Å². The molecule has 0 atom stereocenters. The van der Waals surface area contributed by atoms with Crippen LogP contribution in [0.3, 0.4) is 0 Å². The molecule has 1 fully saturated rings. The number of nitrogens with zero attached hydrogens (tertiary/aromatic N) is 1. The van der Waals surface area contributed by atoms with Crippen molar-refractivity contribution >= 4 is 29.2 Å². The van der Waals surface area contributed by atoms with Gasteiger partial charge in [-0.15, -0.1) is 0 Å². The standard InChI is InChI=1S/C17H24ClN3O2/c1-2-3-7-16(22)19-14-8-10-21(11-9-14)17(23)20-15-6-4-5-13(18)12-15/h4-6,12,14H,2-3,7-11H2,1H3,(H,19,22)(H,20,23). The Balaban J connectivity index is 1.75. The van der Waals surface area contributed by atoms with E-state index in [4.69, 9.17) is 11.6 Å². The maximum Gasteiger partial charge on any atom is 0.321 e. The van der Waals surface area contributed by atoms with Crippen LogP contribution in [0.4, 0.5) is 10.5 Å². The van der Waals surface area contributed by atoms with Crippen molar-refractivity contribution in [3.05, 3.63) is 29.3 Å². The zero-order valence-corrected chi connectivity index (χ0v) is 14.2. The molecular formula is C17H24ClN3O2. The molecular weight excluding hydrogens is 314 g/mol. The van der Waals surface area contributed by atoms with Crippen molar-refractivity contribution in [1.82, 2.24) is 10.2 Å². The molecule has 0 aromatic heterocycles. The number of likely N-dealkylation sites (tertiary alicyclic amines) is 1. The van der Waals surface area contributed by atoms with E-state index in [1.54, 1.807) is 23.1 Å². The van der Waals surface area contributed by atoms with Crippen LogP contribution in [0.15, 0.2) is 24.3 Å². The van der Waals surface area contributed by atoms with E-state index in [2.05, 4.69) is 17.6 Å². The summed E-state index contributed by atoms with van der Waals surface area (Å²) < 4.78 is 0. The van der Waals surface area contributed by atoms with Crippen molar-refractivity contribution in [2.75, 3.05) is 18.4 Å². The summed E-state index contributed by atoms with van der Waals surface area (Å²) in [5, 5.41) is 6.50. The van der Waals surface area contributed by atoms with Gasteiger partial charge in [-0.25, -0.2) is 4.79 Å². The van der Waals surface area contributed by atoms with Crippen LogP contribution < -0.4 is 10.6 Å². The average Bonchev–Trinajstić information content (AvgIpc) is 2.53. The molecule has 0 spiro atoms. The summed E-state index contributed by atoms with van der Waals surface area (Å²) in [6, 6.07) is 7.16. The maximum atomic E-state index is 12.2. The Bertz CT molecular complexity index is 542. The minimum absolute atomic E-state index is 0.119. The highest BCUT2D eigenvalue weighted by atomic mass is 35.5. The van der Waals surface area contributed by atoms with Crippen molar-refractivity contribution in [3.63, 3.8) is 0 Å². The number of amides is 3. The molecule has 1 heterocycles. The number of carbonyl (C=O) groups is 2. The van der Waals surface area contributed by atoms with Crippen LogP contribution in [0.5, 0.6) is 0 Å². The topological polar surface area (TPSA) is 61.4 Å². The number of halogens is 1. The number of unbranched alkanes of at least 4 members (excludes halogenated alkanes) is 1. The zero-order chi connectivity index (χ0) is 16.7. The number of anilines is 1. The number of nitrogens with one attached hydrogen (secondary N) is 2. The Kier molecular flexibility index (Phi) is 6.71. The average molecular weight is 338 g/mol. The summed E-state index contributed by atoms with van der Waals surface area (Å²) in [4.78, 5) is 25.7. The first kappa shape index (κ1) is 17.6. The number of benzene rings is 1. The molecule has 0 bridgehead atoms. The smallest absolute Gasteiger partial charge is 0.321 e. The molecule has 3 amide bonds. The largest absolute Gasteiger partial charge is 0.353 e. The molecule has 126 valence electrons. The van der Waals surface area contributed by atoms with Crippen LogP contribution in [0.25, 0.3) is 0 Å². The number of hydrogen-bond acceptors (Lipinski definition) is 2. The van der Waals surface area contributed by atoms with Gasteiger partial charge in [-0.1, -0.05) is 31.0 Å². The van der Waals surface area contributed by atoms with Crippen LogP contribution in [0.1, 0.15) is 39.0 Å². The van der Waals surface area contributed by atoms with E-state index in [1.807, 2.05) is 6.07 Å². The van der Waals surface area contributed by atoms with Gasteiger partial charge in [-0.3, -0.25) is 4.79 Å². The third kappa shape index (κ3) is 5.75. The Hall–Kier alpha value is -1.75. The van der Waals surface area contributed by atoms with Crippen LogP contribution in [0.2, 0.25) is 5.02 Å². The summed E-state index contributed by atoms with van der Waals surface area (Å²) >= 11 is 5.91. The van der Waals surface area contributed by atoms with Gasteiger partial charge in [0.1, 0.15) is 0 Å². The Morgan fingerprint density at radius 2 is 2.04 bits per heavy atom. The van der Waals surface area contributed by atoms with Gasteiger partial charge in [-0.2, -0.15) is 0 Å². The van der Waals surface area contributed by atoms with Crippen molar-refractivity contribution in [3.8, 4) is 0 Å². The number of rotatable bonds is 5. The minimum atomic E-state index is -0.122. The highest BCUT2D eigenvalue weighted by Crippen LogP contribution is 2.17. The third-order valence-electron chi connectivity index (χ3n) is 3.98. The van der Waals surface area contributed by atoms with E-state index in [1.165, 1.54) is 0 Å². The second kappa shape index (κ2) is 8.77. The van der Waals surface area contributed by atoms with Gasteiger partial charge in [0.15, 0.2) is 0 Å². The fourth-order valence-corrected chi connectivity index (χ4v) is 2.82. The maximum absolute atomic E-state index is 12.2. The van der Waals surface area contributed by atoms with Crippen LogP contribution in [0, 0.1) is 0 Å². The summed E-state index contributed by atoms with van der Waals surface area (Å²) in [5.74, 6) is 0.119. The first-order valence-corrected chi connectivity index (χ1v) is 8.57. The number of urea groups is 1. The van der Waals surface area contributed by atoms with E-state index < -0.39 is 0 Å². The van der Waals surface area contributed by atoms with E-state index >= 15 is 0 Å². The molecule has 1 aliphatic rings. The SMILES string of the molecule is CCCCC(=O)NC1CCN(C(=O)Nc2cccc(Cl)c2)CC1. The van der Waals surface area contributed by atoms with Crippen molar-refractivity contribution in [2.24, 2.45) is 0 Å². The number of hydrogen-bond donors (Lipinski definition) is 2. The van der Waals surface area contributed by atoms with Crippen LogP contribution in [-0.4, -0.2) is 36.0 Å². The summed E-state index contributed by atoms with van der Waals surface area (Å²) in [7, 11) is 0. The highest BCUT2D eigenvalue weighted by Gasteiger charge is 2.23.